The maximum Gasteiger partial charge on any atom is 0.262 e. The monoisotopic (exact) mass is 496 g/mol. The van der Waals surface area contributed by atoms with E-state index in [-0.39, 0.29) is 27.6 Å². The van der Waals surface area contributed by atoms with E-state index in [1.165, 1.54) is 66.7 Å². The molecule has 0 heterocycles. The third kappa shape index (κ3) is 6.06. The predicted molar refractivity (Wildman–Crippen MR) is 120 cm³/mol. The fourth-order valence-corrected chi connectivity index (χ4v) is 5.18. The van der Waals surface area contributed by atoms with Crippen LogP contribution in [0.2, 0.25) is 5.02 Å². The van der Waals surface area contributed by atoms with Crippen LogP contribution in [0, 0.1) is 5.82 Å². The van der Waals surface area contributed by atoms with Gasteiger partial charge in [-0.15, -0.1) is 0 Å². The van der Waals surface area contributed by atoms with Crippen LogP contribution >= 0.6 is 11.6 Å². The van der Waals surface area contributed by atoms with Gasteiger partial charge in [-0.05, 0) is 54.6 Å². The molecule has 0 fully saturated rings. The SMILES string of the molecule is O=C(CCS(=O)(=O)c1ccc(Cl)cc1)Nc1cccc(S(=O)(=O)Nc2ccccc2F)c1. The first-order valence-electron chi connectivity index (χ1n) is 9.22. The maximum atomic E-state index is 13.8. The number of amides is 1. The number of carbonyl (C=O) groups excluding carboxylic acids is 1. The van der Waals surface area contributed by atoms with Crippen LogP contribution in [-0.2, 0) is 24.7 Å². The zero-order valence-corrected chi connectivity index (χ0v) is 18.8. The van der Waals surface area contributed by atoms with Gasteiger partial charge >= 0.3 is 0 Å². The van der Waals surface area contributed by atoms with E-state index in [0.29, 0.717) is 5.02 Å². The topological polar surface area (TPSA) is 109 Å². The van der Waals surface area contributed by atoms with Gasteiger partial charge in [0.1, 0.15) is 5.82 Å². The lowest BCUT2D eigenvalue weighted by Gasteiger charge is -2.11. The molecule has 0 aliphatic rings. The van der Waals surface area contributed by atoms with Crippen LogP contribution in [0.4, 0.5) is 15.8 Å². The number of rotatable bonds is 8. The van der Waals surface area contributed by atoms with Crippen LogP contribution < -0.4 is 10.0 Å². The molecule has 2 N–H and O–H groups in total. The summed E-state index contributed by atoms with van der Waals surface area (Å²) < 4.78 is 65.7. The summed E-state index contributed by atoms with van der Waals surface area (Å²) in [5, 5.41) is 2.86. The Morgan fingerprint density at radius 3 is 2.25 bits per heavy atom. The van der Waals surface area contributed by atoms with Crippen molar-refractivity contribution in [1.82, 2.24) is 0 Å². The average molecular weight is 497 g/mol. The number of sulfonamides is 1. The second kappa shape index (κ2) is 9.68. The fraction of sp³-hybridized carbons (Fsp3) is 0.0952. The zero-order valence-electron chi connectivity index (χ0n) is 16.5. The van der Waals surface area contributed by atoms with Gasteiger partial charge in [-0.25, -0.2) is 21.2 Å². The summed E-state index contributed by atoms with van der Waals surface area (Å²) >= 11 is 5.75. The van der Waals surface area contributed by atoms with Gasteiger partial charge in [0.15, 0.2) is 9.84 Å². The Balaban J connectivity index is 1.67. The van der Waals surface area contributed by atoms with Crippen molar-refractivity contribution < 1.29 is 26.0 Å². The Hall–Kier alpha value is -2.95. The zero-order chi connectivity index (χ0) is 23.4. The highest BCUT2D eigenvalue weighted by Gasteiger charge is 2.19. The Kier molecular flexibility index (Phi) is 7.17. The highest BCUT2D eigenvalue weighted by Crippen LogP contribution is 2.21. The van der Waals surface area contributed by atoms with E-state index in [0.717, 1.165) is 6.07 Å². The smallest absolute Gasteiger partial charge is 0.262 e. The number of sulfone groups is 1. The molecular weight excluding hydrogens is 479 g/mol. The van der Waals surface area contributed by atoms with E-state index in [2.05, 4.69) is 10.0 Å². The molecule has 0 atom stereocenters. The van der Waals surface area contributed by atoms with E-state index >= 15 is 0 Å². The summed E-state index contributed by atoms with van der Waals surface area (Å²) in [6.07, 6.45) is -0.338. The van der Waals surface area contributed by atoms with Crippen molar-refractivity contribution in [2.24, 2.45) is 0 Å². The average Bonchev–Trinajstić information content (AvgIpc) is 2.74. The molecule has 7 nitrogen and oxygen atoms in total. The Bertz CT molecular complexity index is 1340. The van der Waals surface area contributed by atoms with Crippen LogP contribution in [0.15, 0.2) is 82.6 Å². The van der Waals surface area contributed by atoms with Gasteiger partial charge in [-0.3, -0.25) is 9.52 Å². The van der Waals surface area contributed by atoms with Gasteiger partial charge in [0.25, 0.3) is 10.0 Å². The van der Waals surface area contributed by atoms with E-state index in [4.69, 9.17) is 11.6 Å². The first-order valence-corrected chi connectivity index (χ1v) is 12.7. The summed E-state index contributed by atoms with van der Waals surface area (Å²) in [7, 11) is -7.81. The molecule has 0 radical (unpaired) electrons. The summed E-state index contributed by atoms with van der Waals surface area (Å²) in [4.78, 5) is 12.1. The number of hydrogen-bond donors (Lipinski definition) is 2. The molecule has 11 heteroatoms. The lowest BCUT2D eigenvalue weighted by atomic mass is 10.3. The second-order valence-corrected chi connectivity index (χ2v) is 10.9. The van der Waals surface area contributed by atoms with Crippen molar-refractivity contribution in [3.05, 3.63) is 83.6 Å². The van der Waals surface area contributed by atoms with Gasteiger partial charge in [-0.2, -0.15) is 0 Å². The van der Waals surface area contributed by atoms with Crippen molar-refractivity contribution in [3.8, 4) is 0 Å². The van der Waals surface area contributed by atoms with Gasteiger partial charge in [-0.1, -0.05) is 29.8 Å². The Morgan fingerprint density at radius 1 is 0.875 bits per heavy atom. The molecule has 168 valence electrons. The van der Waals surface area contributed by atoms with Gasteiger partial charge < -0.3 is 5.32 Å². The molecule has 0 aliphatic carbocycles. The summed E-state index contributed by atoms with van der Waals surface area (Å²) in [6, 6.07) is 16.2. The van der Waals surface area contributed by atoms with E-state index in [9.17, 15) is 26.0 Å². The predicted octanol–water partition coefficient (Wildman–Crippen LogP) is 4.08. The van der Waals surface area contributed by atoms with Crippen LogP contribution in [0.1, 0.15) is 6.42 Å². The third-order valence-electron chi connectivity index (χ3n) is 4.32. The van der Waals surface area contributed by atoms with Crippen LogP contribution in [0.3, 0.4) is 0 Å². The Morgan fingerprint density at radius 2 is 1.56 bits per heavy atom. The highest BCUT2D eigenvalue weighted by molar-refractivity contribution is 7.92. The molecule has 1 amide bonds. The molecule has 0 aromatic heterocycles. The van der Waals surface area contributed by atoms with Gasteiger partial charge in [0, 0.05) is 17.1 Å². The van der Waals surface area contributed by atoms with Crippen molar-refractivity contribution in [2.45, 2.75) is 16.2 Å². The lowest BCUT2D eigenvalue weighted by Crippen LogP contribution is -2.18. The van der Waals surface area contributed by atoms with E-state index < -0.39 is 37.3 Å². The molecule has 0 saturated heterocycles. The number of benzene rings is 3. The molecule has 0 unspecified atom stereocenters. The molecular formula is C21H18ClFN2O5S2. The van der Waals surface area contributed by atoms with Crippen molar-refractivity contribution in [1.29, 1.82) is 0 Å². The summed E-state index contributed by atoms with van der Waals surface area (Å²) in [5.41, 5.74) is -0.0651. The quantitative estimate of drug-likeness (QED) is 0.488. The summed E-state index contributed by atoms with van der Waals surface area (Å²) in [6.45, 7) is 0. The minimum atomic E-state index is -4.12. The first kappa shape index (κ1) is 23.7. The minimum Gasteiger partial charge on any atom is -0.326 e. The Labute approximate surface area is 190 Å². The van der Waals surface area contributed by atoms with E-state index in [1.807, 2.05) is 0 Å². The second-order valence-electron chi connectivity index (χ2n) is 6.68. The highest BCUT2D eigenvalue weighted by atomic mass is 35.5. The number of carbonyl (C=O) groups is 1. The van der Waals surface area contributed by atoms with Crippen LogP contribution in [-0.4, -0.2) is 28.5 Å². The van der Waals surface area contributed by atoms with Crippen LogP contribution in [0.5, 0.6) is 0 Å². The van der Waals surface area contributed by atoms with Crippen LogP contribution in [0.25, 0.3) is 0 Å². The molecule has 0 bridgehead atoms. The van der Waals surface area contributed by atoms with Gasteiger partial charge in [0.2, 0.25) is 5.91 Å². The number of anilines is 2. The van der Waals surface area contributed by atoms with E-state index in [1.54, 1.807) is 0 Å². The molecule has 3 aromatic carbocycles. The number of para-hydroxylation sites is 1. The third-order valence-corrected chi connectivity index (χ3v) is 7.66. The standard InChI is InChI=1S/C21H18ClFN2O5S2/c22-15-8-10-17(11-9-15)31(27,28)13-12-21(26)24-16-4-3-5-18(14-16)32(29,30)25-20-7-2-1-6-19(20)23/h1-11,14,25H,12-13H2,(H,24,26). The molecule has 3 aromatic rings. The van der Waals surface area contributed by atoms with Crippen molar-refractivity contribution >= 4 is 48.7 Å². The maximum absolute atomic E-state index is 13.8. The normalized spacial score (nSPS) is 11.7. The first-order chi connectivity index (χ1) is 15.1. The molecule has 0 spiro atoms. The molecule has 3 rings (SSSR count). The molecule has 0 aliphatic heterocycles. The molecule has 32 heavy (non-hydrogen) atoms. The lowest BCUT2D eigenvalue weighted by molar-refractivity contribution is -0.115. The molecule has 0 saturated carbocycles. The number of nitrogens with one attached hydrogen (secondary N) is 2. The minimum absolute atomic E-state index is 0.0435. The number of halogens is 2. The number of hydrogen-bond acceptors (Lipinski definition) is 5. The largest absolute Gasteiger partial charge is 0.326 e. The van der Waals surface area contributed by atoms with Crippen molar-refractivity contribution in [3.63, 3.8) is 0 Å². The van der Waals surface area contributed by atoms with Crippen molar-refractivity contribution in [2.75, 3.05) is 15.8 Å². The van der Waals surface area contributed by atoms with Gasteiger partial charge in [0.05, 0.1) is 21.2 Å². The fourth-order valence-electron chi connectivity index (χ4n) is 2.70. The summed E-state index contributed by atoms with van der Waals surface area (Å²) in [5.74, 6) is -1.78.